The van der Waals surface area contributed by atoms with Crippen molar-refractivity contribution in [2.45, 2.75) is 38.8 Å². The summed E-state index contributed by atoms with van der Waals surface area (Å²) in [4.78, 5) is 24.6. The van der Waals surface area contributed by atoms with Crippen molar-refractivity contribution in [3.05, 3.63) is 69.0 Å². The van der Waals surface area contributed by atoms with E-state index in [1.54, 1.807) is 27.0 Å². The van der Waals surface area contributed by atoms with Gasteiger partial charge in [0.05, 0.1) is 36.2 Å². The Labute approximate surface area is 206 Å². The zero-order chi connectivity index (χ0) is 25.6. The van der Waals surface area contributed by atoms with Gasteiger partial charge in [0.15, 0.2) is 0 Å². The van der Waals surface area contributed by atoms with E-state index in [1.807, 2.05) is 0 Å². The van der Waals surface area contributed by atoms with Gasteiger partial charge in [0, 0.05) is 31.3 Å². The number of aromatic nitrogens is 3. The molecule has 0 spiro atoms. The molecule has 1 atom stereocenters. The summed E-state index contributed by atoms with van der Waals surface area (Å²) >= 11 is 0. The van der Waals surface area contributed by atoms with E-state index in [0.29, 0.717) is 34.3 Å². The van der Waals surface area contributed by atoms with Crippen LogP contribution in [0.3, 0.4) is 0 Å². The molecule has 1 N–H and O–H groups in total. The van der Waals surface area contributed by atoms with Crippen LogP contribution in [0.15, 0.2) is 35.1 Å². The summed E-state index contributed by atoms with van der Waals surface area (Å²) in [5.74, 6) is -0.102. The fraction of sp³-hybridized carbons (Fsp3) is 0.423. The highest BCUT2D eigenvalue weighted by molar-refractivity contribution is 5.89. The number of benzene rings is 1. The van der Waals surface area contributed by atoms with Crippen molar-refractivity contribution in [2.75, 3.05) is 31.6 Å². The fourth-order valence-corrected chi connectivity index (χ4v) is 4.83. The second-order valence-corrected chi connectivity index (χ2v) is 9.36. The Bertz CT molecular complexity index is 1400. The summed E-state index contributed by atoms with van der Waals surface area (Å²) in [7, 11) is 1.67. The molecule has 1 fully saturated rings. The second-order valence-electron chi connectivity index (χ2n) is 9.36. The van der Waals surface area contributed by atoms with Crippen molar-refractivity contribution >= 4 is 22.4 Å². The van der Waals surface area contributed by atoms with Crippen LogP contribution in [0, 0.1) is 12.7 Å². The molecule has 1 saturated heterocycles. The van der Waals surface area contributed by atoms with Crippen LogP contribution < -0.4 is 10.9 Å². The molecular formula is C26H28F3N5O2. The Morgan fingerprint density at radius 3 is 2.58 bits per heavy atom. The van der Waals surface area contributed by atoms with Gasteiger partial charge in [-0.25, -0.2) is 23.1 Å². The first-order valence-corrected chi connectivity index (χ1v) is 12.0. The Morgan fingerprint density at radius 2 is 1.94 bits per heavy atom. The lowest BCUT2D eigenvalue weighted by Gasteiger charge is -2.38. The van der Waals surface area contributed by atoms with E-state index < -0.39 is 23.8 Å². The number of alkyl halides is 2. The van der Waals surface area contributed by atoms with Crippen LogP contribution in [-0.4, -0.2) is 51.8 Å². The maximum Gasteiger partial charge on any atom is 0.266 e. The molecular weight excluding hydrogens is 471 g/mol. The standard InChI is InChI=1S/C26H28F3N5O2/c1-14(18-5-4-6-19(22(18)27)23(28)29)30-24-21-11-20(26(35)33(3)25(21)32-15(2)31-24)16-7-9-34(10-8-16)17-12-36-13-17/h4-7,11,14,17,23H,8-10,12-13H2,1-3H3,(H,30,31,32)/t14-/m1/s1. The van der Waals surface area contributed by atoms with Crippen LogP contribution in [0.25, 0.3) is 16.6 Å². The number of halogens is 3. The topological polar surface area (TPSA) is 72.3 Å². The van der Waals surface area contributed by atoms with E-state index in [9.17, 15) is 18.0 Å². The molecule has 0 bridgehead atoms. The third-order valence-corrected chi connectivity index (χ3v) is 7.02. The summed E-state index contributed by atoms with van der Waals surface area (Å²) in [6.07, 6.45) is -0.0948. The largest absolute Gasteiger partial charge is 0.378 e. The van der Waals surface area contributed by atoms with E-state index >= 15 is 0 Å². The third kappa shape index (κ3) is 4.39. The predicted molar refractivity (Wildman–Crippen MR) is 132 cm³/mol. The normalized spacial score (nSPS) is 17.8. The molecule has 0 amide bonds. The number of pyridine rings is 1. The second kappa shape index (κ2) is 9.67. The number of nitrogens with zero attached hydrogens (tertiary/aromatic N) is 4. The lowest BCUT2D eigenvalue weighted by atomic mass is 9.98. The highest BCUT2D eigenvalue weighted by Crippen LogP contribution is 2.31. The lowest BCUT2D eigenvalue weighted by molar-refractivity contribution is -0.0612. The molecule has 2 aliphatic rings. The van der Waals surface area contributed by atoms with Gasteiger partial charge in [0.2, 0.25) is 0 Å². The molecule has 36 heavy (non-hydrogen) atoms. The molecule has 3 aromatic rings. The maximum absolute atomic E-state index is 14.8. The smallest absolute Gasteiger partial charge is 0.266 e. The summed E-state index contributed by atoms with van der Waals surface area (Å²) < 4.78 is 48.0. The van der Waals surface area contributed by atoms with Gasteiger partial charge in [-0.05, 0) is 31.9 Å². The van der Waals surface area contributed by atoms with Gasteiger partial charge >= 0.3 is 0 Å². The predicted octanol–water partition coefficient (Wildman–Crippen LogP) is 4.37. The van der Waals surface area contributed by atoms with Gasteiger partial charge in [0.25, 0.3) is 12.0 Å². The average molecular weight is 500 g/mol. The molecule has 1 aromatic carbocycles. The molecule has 7 nitrogen and oxygen atoms in total. The van der Waals surface area contributed by atoms with Crippen molar-refractivity contribution < 1.29 is 17.9 Å². The number of fused-ring (bicyclic) bond motifs is 1. The number of aryl methyl sites for hydroxylation is 2. The minimum absolute atomic E-state index is 0.109. The first kappa shape index (κ1) is 24.5. The Kier molecular flexibility index (Phi) is 6.57. The molecule has 0 aliphatic carbocycles. The van der Waals surface area contributed by atoms with Crippen LogP contribution >= 0.6 is 0 Å². The van der Waals surface area contributed by atoms with Crippen molar-refractivity contribution in [3.8, 4) is 0 Å². The molecule has 2 aliphatic heterocycles. The third-order valence-electron chi connectivity index (χ3n) is 7.02. The molecule has 0 radical (unpaired) electrons. The molecule has 2 aromatic heterocycles. The van der Waals surface area contributed by atoms with Crippen LogP contribution in [0.4, 0.5) is 19.0 Å². The zero-order valence-electron chi connectivity index (χ0n) is 20.4. The Balaban J connectivity index is 1.53. The number of hydrogen-bond donors (Lipinski definition) is 1. The lowest BCUT2D eigenvalue weighted by Crippen LogP contribution is -2.50. The zero-order valence-corrected chi connectivity index (χ0v) is 20.4. The quantitative estimate of drug-likeness (QED) is 0.543. The van der Waals surface area contributed by atoms with E-state index in [-0.39, 0.29) is 11.1 Å². The molecule has 5 rings (SSSR count). The SMILES string of the molecule is Cc1nc(N[C@H](C)c2cccc(C(F)F)c2F)c2cc(C3=CCN(C4COC4)CC3)c(=O)n(C)c2n1. The van der Waals surface area contributed by atoms with Crippen LogP contribution in [0.5, 0.6) is 0 Å². The molecule has 190 valence electrons. The van der Waals surface area contributed by atoms with E-state index in [2.05, 4.69) is 26.3 Å². The number of ether oxygens (including phenoxy) is 1. The number of nitrogens with one attached hydrogen (secondary N) is 1. The van der Waals surface area contributed by atoms with Gasteiger partial charge in [-0.15, -0.1) is 0 Å². The van der Waals surface area contributed by atoms with Crippen LogP contribution in [-0.2, 0) is 11.8 Å². The summed E-state index contributed by atoms with van der Waals surface area (Å²) in [6.45, 7) is 6.46. The van der Waals surface area contributed by atoms with Gasteiger partial charge in [-0.2, -0.15) is 0 Å². The van der Waals surface area contributed by atoms with Crippen LogP contribution in [0.2, 0.25) is 0 Å². The monoisotopic (exact) mass is 499 g/mol. The Hall–Kier alpha value is -3.24. The number of hydrogen-bond acceptors (Lipinski definition) is 6. The number of rotatable bonds is 6. The van der Waals surface area contributed by atoms with E-state index in [4.69, 9.17) is 4.74 Å². The molecule has 0 unspecified atom stereocenters. The maximum atomic E-state index is 14.8. The van der Waals surface area contributed by atoms with Crippen molar-refractivity contribution in [1.82, 2.24) is 19.4 Å². The van der Waals surface area contributed by atoms with Crippen molar-refractivity contribution in [3.63, 3.8) is 0 Å². The fourth-order valence-electron chi connectivity index (χ4n) is 4.83. The highest BCUT2D eigenvalue weighted by Gasteiger charge is 2.28. The number of anilines is 1. The Morgan fingerprint density at radius 1 is 1.19 bits per heavy atom. The van der Waals surface area contributed by atoms with E-state index in [0.717, 1.165) is 44.4 Å². The van der Waals surface area contributed by atoms with Crippen molar-refractivity contribution in [2.24, 2.45) is 7.05 Å². The molecule has 4 heterocycles. The van der Waals surface area contributed by atoms with Crippen molar-refractivity contribution in [1.29, 1.82) is 0 Å². The molecule has 0 saturated carbocycles. The summed E-state index contributed by atoms with van der Waals surface area (Å²) in [5, 5.41) is 3.77. The van der Waals surface area contributed by atoms with Gasteiger partial charge < -0.3 is 10.1 Å². The minimum atomic E-state index is -2.91. The van der Waals surface area contributed by atoms with Gasteiger partial charge in [-0.1, -0.05) is 24.3 Å². The average Bonchev–Trinajstić information content (AvgIpc) is 2.81. The first-order valence-electron chi connectivity index (χ1n) is 12.0. The molecule has 10 heteroatoms. The summed E-state index contributed by atoms with van der Waals surface area (Å²) in [5.41, 5.74) is 1.30. The summed E-state index contributed by atoms with van der Waals surface area (Å²) in [6, 6.07) is 5.53. The van der Waals surface area contributed by atoms with Gasteiger partial charge in [-0.3, -0.25) is 14.3 Å². The van der Waals surface area contributed by atoms with Crippen LogP contribution in [0.1, 0.15) is 48.3 Å². The first-order chi connectivity index (χ1) is 17.2. The van der Waals surface area contributed by atoms with E-state index in [1.165, 1.54) is 16.7 Å². The van der Waals surface area contributed by atoms with Gasteiger partial charge in [0.1, 0.15) is 23.1 Å². The minimum Gasteiger partial charge on any atom is -0.378 e. The highest BCUT2D eigenvalue weighted by atomic mass is 19.3.